The minimum absolute atomic E-state index is 1.10. The van der Waals surface area contributed by atoms with Crippen LogP contribution in [0.3, 0.4) is 0 Å². The molecule has 2 fully saturated rings. The van der Waals surface area contributed by atoms with E-state index in [1.165, 1.54) is 38.5 Å². The predicted molar refractivity (Wildman–Crippen MR) is 71.5 cm³/mol. The van der Waals surface area contributed by atoms with Crippen molar-refractivity contribution in [3.63, 3.8) is 0 Å². The van der Waals surface area contributed by atoms with Gasteiger partial charge in [-0.1, -0.05) is 71.1 Å². The van der Waals surface area contributed by atoms with Gasteiger partial charge in [-0.2, -0.15) is 0 Å². The molecular weight excluding hydrogens is 192 g/mol. The summed E-state index contributed by atoms with van der Waals surface area (Å²) in [5, 5.41) is 0. The Morgan fingerprint density at radius 1 is 0.750 bits per heavy atom. The summed E-state index contributed by atoms with van der Waals surface area (Å²) in [4.78, 5) is 0. The first-order chi connectivity index (χ1) is 7.90. The third-order valence-electron chi connectivity index (χ3n) is 5.17. The molecule has 0 aliphatic heterocycles. The third kappa shape index (κ3) is 3.50. The second kappa shape index (κ2) is 6.67. The van der Waals surface area contributed by atoms with E-state index in [-0.39, 0.29) is 0 Å². The highest BCUT2D eigenvalue weighted by molar-refractivity contribution is 4.79. The van der Waals surface area contributed by atoms with Crippen LogP contribution in [-0.4, -0.2) is 0 Å². The van der Waals surface area contributed by atoms with E-state index in [2.05, 4.69) is 6.92 Å². The Balaban J connectivity index is 1.67. The van der Waals surface area contributed by atoms with Gasteiger partial charge < -0.3 is 0 Å². The highest BCUT2D eigenvalue weighted by Gasteiger charge is 2.27. The molecule has 0 nitrogen and oxygen atoms in total. The predicted octanol–water partition coefficient (Wildman–Crippen LogP) is 5.56. The van der Waals surface area contributed by atoms with Gasteiger partial charge in [0.1, 0.15) is 0 Å². The molecule has 0 N–H and O–H groups in total. The summed E-state index contributed by atoms with van der Waals surface area (Å²) in [6.07, 6.45) is 18.3. The molecule has 16 heavy (non-hydrogen) atoms. The van der Waals surface area contributed by atoms with E-state index < -0.39 is 0 Å². The van der Waals surface area contributed by atoms with Gasteiger partial charge in [0.2, 0.25) is 0 Å². The Morgan fingerprint density at radius 2 is 1.38 bits per heavy atom. The number of hydrogen-bond donors (Lipinski definition) is 0. The minimum Gasteiger partial charge on any atom is -0.0654 e. The van der Waals surface area contributed by atoms with Crippen LogP contribution >= 0.6 is 0 Å². The first-order valence-electron chi connectivity index (χ1n) is 7.90. The fourth-order valence-corrected chi connectivity index (χ4v) is 4.05. The molecule has 2 aliphatic rings. The summed E-state index contributed by atoms with van der Waals surface area (Å²) in [6.45, 7) is 2.33. The lowest BCUT2D eigenvalue weighted by Crippen LogP contribution is -2.23. The van der Waals surface area contributed by atoms with Crippen molar-refractivity contribution in [1.82, 2.24) is 0 Å². The first-order valence-corrected chi connectivity index (χ1v) is 7.90. The molecule has 94 valence electrons. The number of hydrogen-bond acceptors (Lipinski definition) is 0. The van der Waals surface area contributed by atoms with Crippen molar-refractivity contribution in [2.45, 2.75) is 84.0 Å². The molecule has 0 spiro atoms. The minimum atomic E-state index is 1.10. The van der Waals surface area contributed by atoms with Crippen molar-refractivity contribution in [2.24, 2.45) is 17.8 Å². The van der Waals surface area contributed by atoms with Crippen LogP contribution in [0.25, 0.3) is 0 Å². The van der Waals surface area contributed by atoms with E-state index in [1.54, 1.807) is 38.5 Å². The molecular formula is C16H30. The molecule has 0 aromatic rings. The largest absolute Gasteiger partial charge is 0.0654 e. The Bertz CT molecular complexity index is 170. The van der Waals surface area contributed by atoms with E-state index >= 15 is 0 Å². The summed E-state index contributed by atoms with van der Waals surface area (Å²) in [5.41, 5.74) is 0. The standard InChI is InChI=1S/C16H30/c1-2-3-7-14-10-12-16(13-11-14)15-8-5-4-6-9-15/h14-16H,2-13H2,1H3. The molecule has 0 amide bonds. The first kappa shape index (κ1) is 12.5. The lowest BCUT2D eigenvalue weighted by molar-refractivity contribution is 0.162. The Kier molecular flexibility index (Phi) is 5.19. The Hall–Kier alpha value is 0. The third-order valence-corrected chi connectivity index (χ3v) is 5.17. The summed E-state index contributed by atoms with van der Waals surface area (Å²) >= 11 is 0. The highest BCUT2D eigenvalue weighted by atomic mass is 14.3. The molecule has 0 radical (unpaired) electrons. The maximum absolute atomic E-state index is 2.33. The summed E-state index contributed by atoms with van der Waals surface area (Å²) in [5.74, 6) is 3.35. The molecule has 2 aliphatic carbocycles. The van der Waals surface area contributed by atoms with Crippen molar-refractivity contribution in [3.05, 3.63) is 0 Å². The van der Waals surface area contributed by atoms with Crippen LogP contribution in [0.2, 0.25) is 0 Å². The van der Waals surface area contributed by atoms with Crippen molar-refractivity contribution >= 4 is 0 Å². The second-order valence-corrected chi connectivity index (χ2v) is 6.32. The Labute approximate surface area is 102 Å². The number of unbranched alkanes of at least 4 members (excludes halogenated alkanes) is 1. The van der Waals surface area contributed by atoms with Gasteiger partial charge in [-0.05, 0) is 30.6 Å². The summed E-state index contributed by atoms with van der Waals surface area (Å²) < 4.78 is 0. The van der Waals surface area contributed by atoms with Gasteiger partial charge in [0.15, 0.2) is 0 Å². The molecule has 0 aromatic heterocycles. The molecule has 0 saturated heterocycles. The van der Waals surface area contributed by atoms with Crippen molar-refractivity contribution < 1.29 is 0 Å². The smallest absolute Gasteiger partial charge is 0.0386 e. The zero-order valence-corrected chi connectivity index (χ0v) is 11.2. The average Bonchev–Trinajstić information content (AvgIpc) is 2.38. The van der Waals surface area contributed by atoms with Crippen molar-refractivity contribution in [2.75, 3.05) is 0 Å². The molecule has 0 atom stereocenters. The van der Waals surface area contributed by atoms with E-state index in [1.807, 2.05) is 0 Å². The van der Waals surface area contributed by atoms with Gasteiger partial charge in [-0.3, -0.25) is 0 Å². The molecule has 0 aromatic carbocycles. The quantitative estimate of drug-likeness (QED) is 0.584. The summed E-state index contributed by atoms with van der Waals surface area (Å²) in [6, 6.07) is 0. The van der Waals surface area contributed by atoms with Crippen LogP contribution in [0.15, 0.2) is 0 Å². The van der Waals surface area contributed by atoms with Gasteiger partial charge in [0.05, 0.1) is 0 Å². The molecule has 0 heteroatoms. The molecule has 2 rings (SSSR count). The van der Waals surface area contributed by atoms with Gasteiger partial charge in [0, 0.05) is 0 Å². The number of rotatable bonds is 4. The maximum atomic E-state index is 2.33. The topological polar surface area (TPSA) is 0 Å². The fourth-order valence-electron chi connectivity index (χ4n) is 4.05. The SMILES string of the molecule is CCCCC1CCC(C2CCCCC2)CC1. The fraction of sp³-hybridized carbons (Fsp3) is 1.00. The highest BCUT2D eigenvalue weighted by Crippen LogP contribution is 2.40. The van der Waals surface area contributed by atoms with E-state index in [4.69, 9.17) is 0 Å². The molecule has 0 unspecified atom stereocenters. The van der Waals surface area contributed by atoms with E-state index in [0.29, 0.717) is 0 Å². The van der Waals surface area contributed by atoms with E-state index in [9.17, 15) is 0 Å². The zero-order valence-electron chi connectivity index (χ0n) is 11.2. The van der Waals surface area contributed by atoms with Crippen LogP contribution in [0.4, 0.5) is 0 Å². The van der Waals surface area contributed by atoms with Crippen LogP contribution in [0, 0.1) is 17.8 Å². The van der Waals surface area contributed by atoms with Gasteiger partial charge in [-0.15, -0.1) is 0 Å². The summed E-state index contributed by atoms with van der Waals surface area (Å²) in [7, 11) is 0. The van der Waals surface area contributed by atoms with Crippen molar-refractivity contribution in [3.8, 4) is 0 Å². The van der Waals surface area contributed by atoms with Crippen LogP contribution in [0.5, 0.6) is 0 Å². The maximum Gasteiger partial charge on any atom is -0.0386 e. The molecule has 0 bridgehead atoms. The normalized spacial score (nSPS) is 32.8. The molecule has 2 saturated carbocycles. The monoisotopic (exact) mass is 222 g/mol. The van der Waals surface area contributed by atoms with Crippen LogP contribution < -0.4 is 0 Å². The average molecular weight is 222 g/mol. The van der Waals surface area contributed by atoms with Crippen LogP contribution in [0.1, 0.15) is 84.0 Å². The van der Waals surface area contributed by atoms with Crippen LogP contribution in [-0.2, 0) is 0 Å². The van der Waals surface area contributed by atoms with Gasteiger partial charge in [0.25, 0.3) is 0 Å². The van der Waals surface area contributed by atoms with Gasteiger partial charge >= 0.3 is 0 Å². The van der Waals surface area contributed by atoms with E-state index in [0.717, 1.165) is 17.8 Å². The molecule has 0 heterocycles. The second-order valence-electron chi connectivity index (χ2n) is 6.32. The van der Waals surface area contributed by atoms with Gasteiger partial charge in [-0.25, -0.2) is 0 Å². The lowest BCUT2D eigenvalue weighted by Gasteiger charge is -2.35. The van der Waals surface area contributed by atoms with Crippen molar-refractivity contribution in [1.29, 1.82) is 0 Å². The Morgan fingerprint density at radius 3 is 2.00 bits per heavy atom. The zero-order chi connectivity index (χ0) is 11.2. The lowest BCUT2D eigenvalue weighted by atomic mass is 9.70.